The number of phenols is 1. The Morgan fingerprint density at radius 1 is 0.893 bits per heavy atom. The van der Waals surface area contributed by atoms with E-state index in [1.165, 1.54) is 6.07 Å². The highest BCUT2D eigenvalue weighted by atomic mass is 16.5. The van der Waals surface area contributed by atoms with E-state index in [9.17, 15) is 14.7 Å². The molecule has 140 valence electrons. The molecule has 0 atom stereocenters. The van der Waals surface area contributed by atoms with Crippen molar-refractivity contribution in [3.05, 3.63) is 82.4 Å². The van der Waals surface area contributed by atoms with Crippen LogP contribution < -0.4 is 10.5 Å². The maximum absolute atomic E-state index is 13.0. The van der Waals surface area contributed by atoms with Crippen molar-refractivity contribution >= 4 is 17.3 Å². The number of nitrogens with two attached hydrogens (primary N) is 1. The van der Waals surface area contributed by atoms with Gasteiger partial charge in [0.15, 0.2) is 17.3 Å². The fourth-order valence-corrected chi connectivity index (χ4v) is 3.41. The second kappa shape index (κ2) is 6.53. The summed E-state index contributed by atoms with van der Waals surface area (Å²) in [5, 5.41) is 10.5. The fourth-order valence-electron chi connectivity index (χ4n) is 3.41. The third-order valence-corrected chi connectivity index (χ3v) is 4.95. The molecule has 0 aliphatic heterocycles. The lowest BCUT2D eigenvalue weighted by Crippen LogP contribution is -2.22. The smallest absolute Gasteiger partial charge is 0.198 e. The molecule has 0 heterocycles. The number of carbonyl (C=O) groups is 2. The monoisotopic (exact) mass is 373 g/mol. The third kappa shape index (κ3) is 2.72. The van der Waals surface area contributed by atoms with Gasteiger partial charge in [-0.1, -0.05) is 50.2 Å². The first kappa shape index (κ1) is 17.8. The number of anilines is 1. The first-order valence-corrected chi connectivity index (χ1v) is 9.00. The highest BCUT2D eigenvalue weighted by Gasteiger charge is 2.35. The Balaban J connectivity index is 1.79. The number of ketones is 2. The lowest BCUT2D eigenvalue weighted by Gasteiger charge is -2.21. The molecule has 3 aromatic carbocycles. The van der Waals surface area contributed by atoms with Gasteiger partial charge < -0.3 is 15.6 Å². The van der Waals surface area contributed by atoms with Gasteiger partial charge in [-0.05, 0) is 23.6 Å². The molecule has 0 unspecified atom stereocenters. The Kier molecular flexibility index (Phi) is 4.15. The molecule has 0 aromatic heterocycles. The van der Waals surface area contributed by atoms with Gasteiger partial charge in [-0.2, -0.15) is 0 Å². The van der Waals surface area contributed by atoms with Crippen LogP contribution in [0.15, 0.2) is 54.6 Å². The molecule has 0 radical (unpaired) electrons. The van der Waals surface area contributed by atoms with Crippen LogP contribution in [0.4, 0.5) is 5.69 Å². The standard InChI is InChI=1S/C23H19NO4/c1-12(2)13-7-9-14(10-8-13)28-18-11-17(25)19-20(21(18)24)23(27)16-6-4-3-5-15(16)22(19)26/h3-12,25H,24H2,1-2H3. The predicted molar refractivity (Wildman–Crippen MR) is 106 cm³/mol. The number of aromatic hydroxyl groups is 1. The first-order chi connectivity index (χ1) is 13.4. The van der Waals surface area contributed by atoms with Gasteiger partial charge in [0, 0.05) is 17.2 Å². The number of hydrogen-bond donors (Lipinski definition) is 2. The topological polar surface area (TPSA) is 89.6 Å². The van der Waals surface area contributed by atoms with E-state index in [0.29, 0.717) is 11.7 Å². The number of ether oxygens (including phenoxy) is 1. The maximum atomic E-state index is 13.0. The van der Waals surface area contributed by atoms with E-state index in [1.807, 2.05) is 12.1 Å². The number of phenolic OH excluding ortho intramolecular Hbond substituents is 1. The van der Waals surface area contributed by atoms with Gasteiger partial charge in [-0.3, -0.25) is 9.59 Å². The van der Waals surface area contributed by atoms with E-state index in [1.54, 1.807) is 36.4 Å². The minimum absolute atomic E-state index is 0.0162. The predicted octanol–water partition coefficient (Wildman–Crippen LogP) is 4.67. The van der Waals surface area contributed by atoms with Crippen molar-refractivity contribution in [1.82, 2.24) is 0 Å². The third-order valence-electron chi connectivity index (χ3n) is 4.95. The van der Waals surface area contributed by atoms with Gasteiger partial charge in [0.05, 0.1) is 16.8 Å². The minimum Gasteiger partial charge on any atom is -0.507 e. The Labute approximate surface area is 162 Å². The van der Waals surface area contributed by atoms with Crippen LogP contribution in [0.25, 0.3) is 0 Å². The van der Waals surface area contributed by atoms with E-state index in [2.05, 4.69) is 13.8 Å². The quantitative estimate of drug-likeness (QED) is 0.402. The van der Waals surface area contributed by atoms with Crippen molar-refractivity contribution in [3.8, 4) is 17.2 Å². The molecule has 3 aromatic rings. The molecule has 0 amide bonds. The Morgan fingerprint density at radius 3 is 2.04 bits per heavy atom. The van der Waals surface area contributed by atoms with Crippen molar-refractivity contribution in [1.29, 1.82) is 0 Å². The molecule has 28 heavy (non-hydrogen) atoms. The normalized spacial score (nSPS) is 12.7. The van der Waals surface area contributed by atoms with Crippen LogP contribution in [-0.2, 0) is 0 Å². The van der Waals surface area contributed by atoms with Gasteiger partial charge in [0.2, 0.25) is 0 Å². The number of carbonyl (C=O) groups excluding carboxylic acids is 2. The SMILES string of the molecule is CC(C)c1ccc(Oc2cc(O)c3c(c2N)C(=O)c2ccccc2C3=O)cc1. The van der Waals surface area contributed by atoms with Crippen molar-refractivity contribution in [2.75, 3.05) is 5.73 Å². The van der Waals surface area contributed by atoms with E-state index >= 15 is 0 Å². The van der Waals surface area contributed by atoms with Crippen LogP contribution in [0, 0.1) is 0 Å². The second-order valence-corrected chi connectivity index (χ2v) is 7.09. The molecule has 0 saturated carbocycles. The summed E-state index contributed by atoms with van der Waals surface area (Å²) >= 11 is 0. The van der Waals surface area contributed by atoms with Gasteiger partial charge >= 0.3 is 0 Å². The first-order valence-electron chi connectivity index (χ1n) is 9.00. The summed E-state index contributed by atoms with van der Waals surface area (Å²) in [5.74, 6) is -0.123. The Morgan fingerprint density at radius 2 is 1.46 bits per heavy atom. The van der Waals surface area contributed by atoms with Gasteiger partial charge in [0.25, 0.3) is 0 Å². The molecule has 1 aliphatic carbocycles. The molecular weight excluding hydrogens is 354 g/mol. The molecule has 5 nitrogen and oxygen atoms in total. The van der Waals surface area contributed by atoms with E-state index in [4.69, 9.17) is 10.5 Å². The lowest BCUT2D eigenvalue weighted by atomic mass is 9.82. The zero-order chi connectivity index (χ0) is 20.0. The molecular formula is C23H19NO4. The van der Waals surface area contributed by atoms with Crippen LogP contribution in [-0.4, -0.2) is 16.7 Å². The maximum Gasteiger partial charge on any atom is 0.198 e. The zero-order valence-electron chi connectivity index (χ0n) is 15.5. The molecule has 0 spiro atoms. The Bertz CT molecular complexity index is 1110. The summed E-state index contributed by atoms with van der Waals surface area (Å²) in [7, 11) is 0. The van der Waals surface area contributed by atoms with Crippen LogP contribution in [0.1, 0.15) is 57.2 Å². The second-order valence-electron chi connectivity index (χ2n) is 7.09. The summed E-state index contributed by atoms with van der Waals surface area (Å²) in [4.78, 5) is 25.7. The summed E-state index contributed by atoms with van der Waals surface area (Å²) < 4.78 is 5.81. The van der Waals surface area contributed by atoms with Gasteiger partial charge in [0.1, 0.15) is 11.5 Å². The number of rotatable bonds is 3. The molecule has 0 saturated heterocycles. The highest BCUT2D eigenvalue weighted by molar-refractivity contribution is 6.31. The minimum atomic E-state index is -0.428. The highest BCUT2D eigenvalue weighted by Crippen LogP contribution is 2.42. The van der Waals surface area contributed by atoms with Gasteiger partial charge in [-0.25, -0.2) is 0 Å². The molecule has 5 heteroatoms. The molecule has 1 aliphatic rings. The summed E-state index contributed by atoms with van der Waals surface area (Å²) in [6.07, 6.45) is 0. The van der Waals surface area contributed by atoms with E-state index in [0.717, 1.165) is 5.56 Å². The molecule has 0 fully saturated rings. The fraction of sp³-hybridized carbons (Fsp3) is 0.130. The largest absolute Gasteiger partial charge is 0.507 e. The summed E-state index contributed by atoms with van der Waals surface area (Å²) in [6, 6.07) is 15.3. The number of fused-ring (bicyclic) bond motifs is 2. The van der Waals surface area contributed by atoms with Crippen LogP contribution in [0.5, 0.6) is 17.2 Å². The zero-order valence-corrected chi connectivity index (χ0v) is 15.5. The van der Waals surface area contributed by atoms with Crippen molar-refractivity contribution < 1.29 is 19.4 Å². The van der Waals surface area contributed by atoms with E-state index < -0.39 is 11.6 Å². The summed E-state index contributed by atoms with van der Waals surface area (Å²) in [5.41, 5.74) is 7.82. The van der Waals surface area contributed by atoms with Crippen molar-refractivity contribution in [2.24, 2.45) is 0 Å². The number of benzene rings is 3. The average Bonchev–Trinajstić information content (AvgIpc) is 2.69. The van der Waals surface area contributed by atoms with Crippen LogP contribution >= 0.6 is 0 Å². The van der Waals surface area contributed by atoms with Crippen molar-refractivity contribution in [2.45, 2.75) is 19.8 Å². The lowest BCUT2D eigenvalue weighted by molar-refractivity contribution is 0.0977. The number of hydrogen-bond acceptors (Lipinski definition) is 5. The number of nitrogen functional groups attached to an aromatic ring is 1. The molecule has 4 rings (SSSR count). The van der Waals surface area contributed by atoms with Gasteiger partial charge in [-0.15, -0.1) is 0 Å². The average molecular weight is 373 g/mol. The van der Waals surface area contributed by atoms with Crippen molar-refractivity contribution in [3.63, 3.8) is 0 Å². The molecule has 0 bridgehead atoms. The van der Waals surface area contributed by atoms with Crippen LogP contribution in [0.2, 0.25) is 0 Å². The summed E-state index contributed by atoms with van der Waals surface area (Å²) in [6.45, 7) is 4.19. The van der Waals surface area contributed by atoms with E-state index in [-0.39, 0.29) is 39.4 Å². The molecule has 3 N–H and O–H groups in total. The van der Waals surface area contributed by atoms with Crippen LogP contribution in [0.3, 0.4) is 0 Å². The Hall–Kier alpha value is -3.60.